The van der Waals surface area contributed by atoms with E-state index in [0.717, 1.165) is 5.56 Å². The fourth-order valence-corrected chi connectivity index (χ4v) is 1.71. The Balaban J connectivity index is 2.56. The van der Waals surface area contributed by atoms with Gasteiger partial charge in [0.05, 0.1) is 0 Å². The van der Waals surface area contributed by atoms with Gasteiger partial charge in [0.1, 0.15) is 0 Å². The predicted molar refractivity (Wildman–Crippen MR) is 79.7 cm³/mol. The first-order chi connectivity index (χ1) is 8.70. The van der Waals surface area contributed by atoms with E-state index in [1.54, 1.807) is 4.90 Å². The zero-order valence-electron chi connectivity index (χ0n) is 12.7. The molecule has 1 atom stereocenters. The minimum absolute atomic E-state index is 0.0413. The van der Waals surface area contributed by atoms with Gasteiger partial charge in [-0.05, 0) is 17.9 Å². The number of nitrogens with zero attached hydrogens (tertiary/aromatic N) is 1. The van der Waals surface area contributed by atoms with Gasteiger partial charge in [0.15, 0.2) is 0 Å². The first kappa shape index (κ1) is 15.7. The van der Waals surface area contributed by atoms with Gasteiger partial charge in [0.25, 0.3) is 0 Å². The van der Waals surface area contributed by atoms with Crippen LogP contribution in [0.1, 0.15) is 38.3 Å². The van der Waals surface area contributed by atoms with Crippen LogP contribution in [0.25, 0.3) is 0 Å². The van der Waals surface area contributed by atoms with Gasteiger partial charge in [0, 0.05) is 26.1 Å². The van der Waals surface area contributed by atoms with Gasteiger partial charge in [-0.3, -0.25) is 4.79 Å². The summed E-state index contributed by atoms with van der Waals surface area (Å²) in [7, 11) is 1.83. The lowest BCUT2D eigenvalue weighted by atomic mass is 9.85. The summed E-state index contributed by atoms with van der Waals surface area (Å²) in [5.74, 6) is 0.100. The van der Waals surface area contributed by atoms with E-state index in [0.29, 0.717) is 13.0 Å². The summed E-state index contributed by atoms with van der Waals surface area (Å²) in [6.07, 6.45) is 0.395. The van der Waals surface area contributed by atoms with Crippen LogP contribution in [0.2, 0.25) is 0 Å². The number of carbonyl (C=O) groups excluding carboxylic acids is 1. The summed E-state index contributed by atoms with van der Waals surface area (Å²) in [5, 5.41) is 0. The standard InChI is InChI=1S/C16H26N2O/c1-12-6-8-13(9-7-12)11-18(5)15(19)10-14(17)16(2,3)4/h6-9,14H,10-11,17H2,1-5H3. The molecule has 0 aliphatic heterocycles. The Morgan fingerprint density at radius 3 is 2.26 bits per heavy atom. The normalized spacial score (nSPS) is 13.2. The molecule has 19 heavy (non-hydrogen) atoms. The van der Waals surface area contributed by atoms with Crippen molar-refractivity contribution in [1.82, 2.24) is 4.90 Å². The lowest BCUT2D eigenvalue weighted by molar-refractivity contribution is -0.131. The highest BCUT2D eigenvalue weighted by atomic mass is 16.2. The molecule has 0 saturated carbocycles. The summed E-state index contributed by atoms with van der Waals surface area (Å²) < 4.78 is 0. The molecule has 1 amide bonds. The largest absolute Gasteiger partial charge is 0.341 e. The monoisotopic (exact) mass is 262 g/mol. The van der Waals surface area contributed by atoms with Crippen LogP contribution in [0, 0.1) is 12.3 Å². The quantitative estimate of drug-likeness (QED) is 0.907. The molecule has 1 aromatic rings. The van der Waals surface area contributed by atoms with Crippen molar-refractivity contribution in [2.24, 2.45) is 11.1 Å². The van der Waals surface area contributed by atoms with Crippen molar-refractivity contribution in [1.29, 1.82) is 0 Å². The van der Waals surface area contributed by atoms with Crippen molar-refractivity contribution in [2.75, 3.05) is 7.05 Å². The molecule has 1 unspecified atom stereocenters. The molecule has 3 nitrogen and oxygen atoms in total. The van der Waals surface area contributed by atoms with Crippen LogP contribution in [-0.4, -0.2) is 23.9 Å². The summed E-state index contributed by atoms with van der Waals surface area (Å²) >= 11 is 0. The second kappa shape index (κ2) is 6.20. The van der Waals surface area contributed by atoms with Gasteiger partial charge in [-0.25, -0.2) is 0 Å². The minimum Gasteiger partial charge on any atom is -0.341 e. The minimum atomic E-state index is -0.111. The summed E-state index contributed by atoms with van der Waals surface area (Å²) in [6, 6.07) is 8.13. The maximum absolute atomic E-state index is 12.1. The molecule has 3 heteroatoms. The Kier molecular flexibility index (Phi) is 5.12. The van der Waals surface area contributed by atoms with E-state index in [4.69, 9.17) is 5.73 Å². The van der Waals surface area contributed by atoms with Crippen LogP contribution in [0.3, 0.4) is 0 Å². The van der Waals surface area contributed by atoms with Gasteiger partial charge >= 0.3 is 0 Å². The van der Waals surface area contributed by atoms with Gasteiger partial charge in [-0.2, -0.15) is 0 Å². The van der Waals surface area contributed by atoms with Crippen molar-refractivity contribution in [2.45, 2.75) is 46.7 Å². The summed E-state index contributed by atoms with van der Waals surface area (Å²) in [4.78, 5) is 13.9. The van der Waals surface area contributed by atoms with Gasteiger partial charge in [-0.1, -0.05) is 50.6 Å². The third-order valence-corrected chi connectivity index (χ3v) is 3.47. The molecule has 0 aliphatic rings. The van der Waals surface area contributed by atoms with E-state index in [-0.39, 0.29) is 17.4 Å². The Bertz CT molecular complexity index is 417. The lowest BCUT2D eigenvalue weighted by Crippen LogP contribution is -2.40. The number of amides is 1. The maximum Gasteiger partial charge on any atom is 0.224 e. The number of carbonyl (C=O) groups is 1. The van der Waals surface area contributed by atoms with E-state index in [2.05, 4.69) is 52.0 Å². The topological polar surface area (TPSA) is 46.3 Å². The molecular formula is C16H26N2O. The van der Waals surface area contributed by atoms with Gasteiger partial charge in [0.2, 0.25) is 5.91 Å². The van der Waals surface area contributed by atoms with Gasteiger partial charge in [-0.15, -0.1) is 0 Å². The molecule has 2 N–H and O–H groups in total. The van der Waals surface area contributed by atoms with E-state index >= 15 is 0 Å². The Labute approximate surface area is 116 Å². The molecule has 0 heterocycles. The summed E-state index contributed by atoms with van der Waals surface area (Å²) in [5.41, 5.74) is 8.39. The molecule has 106 valence electrons. The van der Waals surface area contributed by atoms with Crippen LogP contribution < -0.4 is 5.73 Å². The van der Waals surface area contributed by atoms with Crippen molar-refractivity contribution in [3.05, 3.63) is 35.4 Å². The van der Waals surface area contributed by atoms with E-state index in [1.165, 1.54) is 5.56 Å². The first-order valence-electron chi connectivity index (χ1n) is 6.75. The van der Waals surface area contributed by atoms with Gasteiger partial charge < -0.3 is 10.6 Å². The number of nitrogens with two attached hydrogens (primary N) is 1. The van der Waals surface area contributed by atoms with Crippen LogP contribution in [0.5, 0.6) is 0 Å². The lowest BCUT2D eigenvalue weighted by Gasteiger charge is -2.28. The zero-order valence-corrected chi connectivity index (χ0v) is 12.7. The second-order valence-electron chi connectivity index (χ2n) is 6.41. The Morgan fingerprint density at radius 2 is 1.79 bits per heavy atom. The third-order valence-electron chi connectivity index (χ3n) is 3.47. The second-order valence-corrected chi connectivity index (χ2v) is 6.41. The van der Waals surface area contributed by atoms with E-state index < -0.39 is 0 Å². The highest BCUT2D eigenvalue weighted by Gasteiger charge is 2.24. The van der Waals surface area contributed by atoms with Crippen molar-refractivity contribution >= 4 is 5.91 Å². The van der Waals surface area contributed by atoms with Crippen molar-refractivity contribution < 1.29 is 4.79 Å². The third kappa shape index (κ3) is 5.03. The molecule has 0 aliphatic carbocycles. The smallest absolute Gasteiger partial charge is 0.224 e. The first-order valence-corrected chi connectivity index (χ1v) is 6.75. The highest BCUT2D eigenvalue weighted by Crippen LogP contribution is 2.20. The Hall–Kier alpha value is -1.35. The van der Waals surface area contributed by atoms with Crippen molar-refractivity contribution in [3.8, 4) is 0 Å². The number of aryl methyl sites for hydroxylation is 1. The zero-order chi connectivity index (χ0) is 14.6. The van der Waals surface area contributed by atoms with Crippen LogP contribution in [-0.2, 0) is 11.3 Å². The maximum atomic E-state index is 12.1. The number of benzene rings is 1. The molecule has 0 spiro atoms. The van der Waals surface area contributed by atoms with Crippen LogP contribution in [0.4, 0.5) is 0 Å². The Morgan fingerprint density at radius 1 is 1.26 bits per heavy atom. The highest BCUT2D eigenvalue weighted by molar-refractivity contribution is 5.76. The average molecular weight is 262 g/mol. The number of rotatable bonds is 4. The molecule has 0 saturated heterocycles. The molecule has 1 aromatic carbocycles. The summed E-state index contributed by atoms with van der Waals surface area (Å²) in [6.45, 7) is 8.87. The van der Waals surface area contributed by atoms with Crippen LogP contribution >= 0.6 is 0 Å². The number of hydrogen-bond acceptors (Lipinski definition) is 2. The van der Waals surface area contributed by atoms with Crippen molar-refractivity contribution in [3.63, 3.8) is 0 Å². The molecule has 0 bridgehead atoms. The number of hydrogen-bond donors (Lipinski definition) is 1. The average Bonchev–Trinajstić information content (AvgIpc) is 2.30. The molecule has 0 fully saturated rings. The SMILES string of the molecule is Cc1ccc(CN(C)C(=O)CC(N)C(C)(C)C)cc1. The predicted octanol–water partition coefficient (Wildman–Crippen LogP) is 2.72. The fraction of sp³-hybridized carbons (Fsp3) is 0.562. The van der Waals surface area contributed by atoms with Crippen LogP contribution in [0.15, 0.2) is 24.3 Å². The molecule has 0 radical (unpaired) electrons. The molecule has 0 aromatic heterocycles. The van der Waals surface area contributed by atoms with E-state index in [9.17, 15) is 4.79 Å². The molecule has 1 rings (SSSR count). The van der Waals surface area contributed by atoms with E-state index in [1.807, 2.05) is 7.05 Å². The fourth-order valence-electron chi connectivity index (χ4n) is 1.71. The molecular weight excluding hydrogens is 236 g/mol.